The van der Waals surface area contributed by atoms with Crippen LogP contribution in [0.1, 0.15) is 33.5 Å². The van der Waals surface area contributed by atoms with Crippen LogP contribution in [0.3, 0.4) is 0 Å². The van der Waals surface area contributed by atoms with Gasteiger partial charge in [0, 0.05) is 60.0 Å². The highest BCUT2D eigenvalue weighted by Gasteiger charge is 2.36. The largest absolute Gasteiger partial charge is 0.348 e. The minimum atomic E-state index is -0.396. The van der Waals surface area contributed by atoms with Gasteiger partial charge in [0.15, 0.2) is 0 Å². The highest BCUT2D eigenvalue weighted by molar-refractivity contribution is 6.01. The molecule has 6 heterocycles. The molecule has 1 atom stereocenters. The molecule has 5 aromatic heterocycles. The molecular weight excluding hydrogens is 452 g/mol. The Morgan fingerprint density at radius 3 is 2.69 bits per heavy atom. The number of rotatable bonds is 3. The molecular formula is C27H20N8O. The van der Waals surface area contributed by atoms with E-state index < -0.39 is 6.04 Å². The third kappa shape index (κ3) is 3.24. The molecule has 1 aliphatic heterocycles. The number of fused-ring (bicyclic) bond motifs is 3. The fourth-order valence-electron chi connectivity index (χ4n) is 4.97. The summed E-state index contributed by atoms with van der Waals surface area (Å²) in [5.41, 5.74) is 5.73. The third-order valence-electron chi connectivity index (χ3n) is 6.76. The van der Waals surface area contributed by atoms with Gasteiger partial charge in [-0.25, -0.2) is 19.5 Å². The molecule has 0 aliphatic carbocycles. The number of nitrogens with one attached hydrogen (secondary N) is 1. The molecule has 1 aromatic carbocycles. The van der Waals surface area contributed by atoms with E-state index in [1.54, 1.807) is 29.4 Å². The van der Waals surface area contributed by atoms with E-state index in [9.17, 15) is 4.79 Å². The predicted molar refractivity (Wildman–Crippen MR) is 133 cm³/mol. The number of nitrogens with zero attached hydrogens (tertiary/aromatic N) is 7. The molecule has 0 fully saturated rings. The highest BCUT2D eigenvalue weighted by atomic mass is 16.2. The van der Waals surface area contributed by atoms with Gasteiger partial charge in [0.05, 0.1) is 35.0 Å². The SMILES string of the molecule is O=C(c1cnn2cc(-c3cncnc3)ccc12)N1CCc2[nH]cnc2[C@H]1c1cc2ccccc2cn1. The van der Waals surface area contributed by atoms with Crippen LogP contribution >= 0.6 is 0 Å². The number of aromatic amines is 1. The number of benzene rings is 1. The molecule has 0 saturated carbocycles. The standard InChI is InChI=1S/C27H20N8O/c36-27(21-13-33-35-14-19(5-6-24(21)35)20-10-28-15-29-11-20)34-8-7-22-25(32-16-31-22)26(34)23-9-17-3-1-2-4-18(17)12-30-23/h1-6,9-16,26H,7-8H2,(H,31,32)/t26-/m1/s1. The molecule has 0 unspecified atom stereocenters. The van der Waals surface area contributed by atoms with Crippen LogP contribution in [-0.4, -0.2) is 51.9 Å². The monoisotopic (exact) mass is 472 g/mol. The average molecular weight is 473 g/mol. The van der Waals surface area contributed by atoms with Crippen molar-refractivity contribution in [1.29, 1.82) is 0 Å². The van der Waals surface area contributed by atoms with E-state index in [0.717, 1.165) is 44.5 Å². The van der Waals surface area contributed by atoms with E-state index in [1.807, 2.05) is 53.7 Å². The number of carbonyl (C=O) groups excluding carboxylic acids is 1. The molecule has 0 radical (unpaired) electrons. The van der Waals surface area contributed by atoms with Crippen LogP contribution in [-0.2, 0) is 6.42 Å². The van der Waals surface area contributed by atoms with Crippen molar-refractivity contribution in [2.24, 2.45) is 0 Å². The highest BCUT2D eigenvalue weighted by Crippen LogP contribution is 2.35. The zero-order chi connectivity index (χ0) is 24.1. The summed E-state index contributed by atoms with van der Waals surface area (Å²) < 4.78 is 1.72. The number of carbonyl (C=O) groups is 1. The Balaban J connectivity index is 1.30. The van der Waals surface area contributed by atoms with Gasteiger partial charge in [-0.05, 0) is 17.5 Å². The van der Waals surface area contributed by atoms with Gasteiger partial charge in [0.2, 0.25) is 0 Å². The van der Waals surface area contributed by atoms with Gasteiger partial charge in [0.25, 0.3) is 5.91 Å². The van der Waals surface area contributed by atoms with Crippen molar-refractivity contribution >= 4 is 22.2 Å². The van der Waals surface area contributed by atoms with Crippen LogP contribution in [0.5, 0.6) is 0 Å². The molecule has 7 rings (SSSR count). The van der Waals surface area contributed by atoms with E-state index in [2.05, 4.69) is 31.1 Å². The predicted octanol–water partition coefficient (Wildman–Crippen LogP) is 3.85. The zero-order valence-corrected chi connectivity index (χ0v) is 19.1. The molecule has 9 heteroatoms. The fourth-order valence-corrected chi connectivity index (χ4v) is 4.97. The van der Waals surface area contributed by atoms with Gasteiger partial charge in [-0.2, -0.15) is 5.10 Å². The first-order valence-electron chi connectivity index (χ1n) is 11.7. The van der Waals surface area contributed by atoms with Gasteiger partial charge in [-0.3, -0.25) is 9.78 Å². The summed E-state index contributed by atoms with van der Waals surface area (Å²) in [6, 6.07) is 13.6. The number of hydrogen-bond donors (Lipinski definition) is 1. The van der Waals surface area contributed by atoms with Crippen LogP contribution in [0.15, 0.2) is 86.1 Å². The smallest absolute Gasteiger partial charge is 0.258 e. The maximum Gasteiger partial charge on any atom is 0.258 e. The maximum atomic E-state index is 14.0. The molecule has 9 nitrogen and oxygen atoms in total. The first-order chi connectivity index (χ1) is 17.8. The van der Waals surface area contributed by atoms with Crippen molar-refractivity contribution in [2.45, 2.75) is 12.5 Å². The van der Waals surface area contributed by atoms with Crippen LogP contribution in [0.25, 0.3) is 27.4 Å². The minimum Gasteiger partial charge on any atom is -0.348 e. The van der Waals surface area contributed by atoms with Crippen molar-refractivity contribution in [3.05, 3.63) is 109 Å². The van der Waals surface area contributed by atoms with E-state index in [-0.39, 0.29) is 5.91 Å². The van der Waals surface area contributed by atoms with E-state index in [4.69, 9.17) is 4.98 Å². The second-order valence-electron chi connectivity index (χ2n) is 8.81. The topological polar surface area (TPSA) is 105 Å². The number of hydrogen-bond acceptors (Lipinski definition) is 6. The molecule has 174 valence electrons. The van der Waals surface area contributed by atoms with Crippen molar-refractivity contribution in [2.75, 3.05) is 6.54 Å². The van der Waals surface area contributed by atoms with Gasteiger partial charge < -0.3 is 9.88 Å². The lowest BCUT2D eigenvalue weighted by atomic mass is 9.97. The quantitative estimate of drug-likeness (QED) is 0.420. The summed E-state index contributed by atoms with van der Waals surface area (Å²) in [7, 11) is 0. The summed E-state index contributed by atoms with van der Waals surface area (Å²) in [6.45, 7) is 0.546. The summed E-state index contributed by atoms with van der Waals surface area (Å²) in [4.78, 5) is 36.6. The Labute approximate surface area is 205 Å². The average Bonchev–Trinajstić information content (AvgIpc) is 3.59. The Bertz CT molecular complexity index is 1740. The molecule has 1 aliphatic rings. The Morgan fingerprint density at radius 1 is 0.944 bits per heavy atom. The summed E-state index contributed by atoms with van der Waals surface area (Å²) in [5, 5.41) is 6.61. The second kappa shape index (κ2) is 8.09. The zero-order valence-electron chi connectivity index (χ0n) is 19.1. The van der Waals surface area contributed by atoms with E-state index in [1.165, 1.54) is 6.33 Å². The molecule has 0 spiro atoms. The van der Waals surface area contributed by atoms with Gasteiger partial charge in [0.1, 0.15) is 12.4 Å². The van der Waals surface area contributed by atoms with Crippen molar-refractivity contribution in [1.82, 2.24) is 39.4 Å². The summed E-state index contributed by atoms with van der Waals surface area (Å²) in [5.74, 6) is -0.102. The summed E-state index contributed by atoms with van der Waals surface area (Å²) >= 11 is 0. The van der Waals surface area contributed by atoms with Gasteiger partial charge in [-0.15, -0.1) is 0 Å². The number of H-pyrrole nitrogens is 1. The number of pyridine rings is 2. The number of amides is 1. The molecule has 1 amide bonds. The van der Waals surface area contributed by atoms with Crippen molar-refractivity contribution < 1.29 is 4.79 Å². The molecule has 6 aromatic rings. The van der Waals surface area contributed by atoms with Gasteiger partial charge >= 0.3 is 0 Å². The second-order valence-corrected chi connectivity index (χ2v) is 8.81. The lowest BCUT2D eigenvalue weighted by Crippen LogP contribution is -2.41. The number of imidazole rings is 1. The van der Waals surface area contributed by atoms with E-state index >= 15 is 0 Å². The first kappa shape index (κ1) is 20.5. The maximum absolute atomic E-state index is 14.0. The van der Waals surface area contributed by atoms with Crippen molar-refractivity contribution in [3.63, 3.8) is 0 Å². The van der Waals surface area contributed by atoms with Crippen LogP contribution in [0.2, 0.25) is 0 Å². The minimum absolute atomic E-state index is 0.102. The lowest BCUT2D eigenvalue weighted by Gasteiger charge is -2.34. The lowest BCUT2D eigenvalue weighted by molar-refractivity contribution is 0.0689. The van der Waals surface area contributed by atoms with Crippen molar-refractivity contribution in [3.8, 4) is 11.1 Å². The molecule has 0 saturated heterocycles. The normalized spacial score (nSPS) is 15.3. The van der Waals surface area contributed by atoms with Crippen LogP contribution in [0.4, 0.5) is 0 Å². The molecule has 0 bridgehead atoms. The summed E-state index contributed by atoms with van der Waals surface area (Å²) in [6.07, 6.45) is 12.8. The fraction of sp³-hybridized carbons (Fsp3) is 0.111. The van der Waals surface area contributed by atoms with E-state index in [0.29, 0.717) is 18.5 Å². The molecule has 1 N–H and O–H groups in total. The number of aromatic nitrogens is 7. The van der Waals surface area contributed by atoms with Crippen LogP contribution < -0.4 is 0 Å². The Hall–Kier alpha value is -4.92. The Morgan fingerprint density at radius 2 is 1.81 bits per heavy atom. The molecule has 36 heavy (non-hydrogen) atoms. The Kier molecular flexibility index (Phi) is 4.60. The van der Waals surface area contributed by atoms with Gasteiger partial charge in [-0.1, -0.05) is 30.3 Å². The first-order valence-corrected chi connectivity index (χ1v) is 11.7. The van der Waals surface area contributed by atoms with Crippen LogP contribution in [0, 0.1) is 0 Å². The third-order valence-corrected chi connectivity index (χ3v) is 6.76.